The Bertz CT molecular complexity index is 310. The molecule has 1 rings (SSSR count). The van der Waals surface area contributed by atoms with Crippen molar-refractivity contribution in [3.8, 4) is 0 Å². The number of nitrogens with two attached hydrogens (primary N) is 1. The highest BCUT2D eigenvalue weighted by Gasteiger charge is 2.20. The smallest absolute Gasteiger partial charge is 0.326 e. The monoisotopic (exact) mass is 233 g/mol. The van der Waals surface area contributed by atoms with E-state index in [0.717, 1.165) is 0 Å². The summed E-state index contributed by atoms with van der Waals surface area (Å²) in [6.45, 7) is 0. The molecule has 0 aliphatic rings. The summed E-state index contributed by atoms with van der Waals surface area (Å²) >= 11 is 3.16. The van der Waals surface area contributed by atoms with E-state index >= 15 is 0 Å². The Morgan fingerprint density at radius 2 is 2.50 bits per heavy atom. The zero-order valence-electron chi connectivity index (χ0n) is 6.36. The number of aromatic nitrogens is 2. The third-order valence-corrected chi connectivity index (χ3v) is 1.98. The number of carbonyl (C=O) groups is 1. The molecule has 1 atom stereocenters. The Morgan fingerprint density at radius 1 is 1.92 bits per heavy atom. The Morgan fingerprint density at radius 3 is 2.83 bits per heavy atom. The van der Waals surface area contributed by atoms with Crippen LogP contribution in [0.2, 0.25) is 0 Å². The molecule has 1 unspecified atom stereocenters. The van der Waals surface area contributed by atoms with Crippen molar-refractivity contribution in [1.82, 2.24) is 9.78 Å². The van der Waals surface area contributed by atoms with Gasteiger partial charge >= 0.3 is 5.97 Å². The molecule has 12 heavy (non-hydrogen) atoms. The zero-order valence-corrected chi connectivity index (χ0v) is 7.95. The van der Waals surface area contributed by atoms with Crippen molar-refractivity contribution in [3.63, 3.8) is 0 Å². The molecule has 0 bridgehead atoms. The maximum Gasteiger partial charge on any atom is 0.326 e. The molecule has 5 nitrogen and oxygen atoms in total. The van der Waals surface area contributed by atoms with E-state index in [-0.39, 0.29) is 0 Å². The average Bonchev–Trinajstić information content (AvgIpc) is 2.28. The van der Waals surface area contributed by atoms with E-state index in [1.807, 2.05) is 0 Å². The molecule has 1 aromatic heterocycles. The van der Waals surface area contributed by atoms with Gasteiger partial charge in [-0.15, -0.1) is 0 Å². The Kier molecular flexibility index (Phi) is 2.49. The van der Waals surface area contributed by atoms with Crippen molar-refractivity contribution < 1.29 is 9.90 Å². The summed E-state index contributed by atoms with van der Waals surface area (Å²) in [5.41, 5.74) is 5.68. The Hall–Kier alpha value is -0.880. The quantitative estimate of drug-likeness (QED) is 0.769. The van der Waals surface area contributed by atoms with E-state index in [4.69, 9.17) is 10.8 Å². The number of carboxylic acids is 1. The largest absolute Gasteiger partial charge is 0.480 e. The minimum absolute atomic E-state index is 0.338. The lowest BCUT2D eigenvalue weighted by Crippen LogP contribution is -2.21. The molecule has 6 heteroatoms. The van der Waals surface area contributed by atoms with Crippen molar-refractivity contribution in [2.75, 3.05) is 0 Å². The van der Waals surface area contributed by atoms with Crippen LogP contribution in [0.5, 0.6) is 0 Å². The lowest BCUT2D eigenvalue weighted by molar-refractivity contribution is -0.138. The summed E-state index contributed by atoms with van der Waals surface area (Å²) < 4.78 is 2.11. The summed E-state index contributed by atoms with van der Waals surface area (Å²) in [5, 5.41) is 12.5. The molecule has 1 aromatic rings. The van der Waals surface area contributed by atoms with E-state index in [2.05, 4.69) is 21.0 Å². The summed E-state index contributed by atoms with van der Waals surface area (Å²) in [6.07, 6.45) is 1.65. The maximum atomic E-state index is 10.5. The lowest BCUT2D eigenvalue weighted by Gasteiger charge is -2.01. The Balaban J connectivity index is 3.02. The van der Waals surface area contributed by atoms with Crippen molar-refractivity contribution in [2.24, 2.45) is 12.8 Å². The first kappa shape index (κ1) is 9.21. The van der Waals surface area contributed by atoms with Crippen LogP contribution in [-0.4, -0.2) is 20.9 Å². The van der Waals surface area contributed by atoms with Gasteiger partial charge in [-0.3, -0.25) is 9.48 Å². The van der Waals surface area contributed by atoms with Gasteiger partial charge in [0, 0.05) is 13.2 Å². The van der Waals surface area contributed by atoms with Crippen molar-refractivity contribution in [2.45, 2.75) is 6.04 Å². The average molecular weight is 234 g/mol. The van der Waals surface area contributed by atoms with Gasteiger partial charge in [-0.1, -0.05) is 0 Å². The predicted molar refractivity (Wildman–Crippen MR) is 45.5 cm³/mol. The van der Waals surface area contributed by atoms with Crippen LogP contribution in [0.4, 0.5) is 0 Å². The van der Waals surface area contributed by atoms with Gasteiger partial charge in [-0.2, -0.15) is 5.10 Å². The molecule has 0 aliphatic heterocycles. The van der Waals surface area contributed by atoms with E-state index in [1.165, 1.54) is 4.68 Å². The Labute approximate surface area is 77.3 Å². The number of aryl methyl sites for hydroxylation is 1. The number of hydrogen-bond donors (Lipinski definition) is 2. The zero-order chi connectivity index (χ0) is 9.30. The van der Waals surface area contributed by atoms with Gasteiger partial charge < -0.3 is 10.8 Å². The number of nitrogens with zero attached hydrogens (tertiary/aromatic N) is 2. The van der Waals surface area contributed by atoms with Gasteiger partial charge in [-0.05, 0) is 15.9 Å². The SMILES string of the molecule is Cn1cc(Br)c(C(N)C(=O)O)n1. The molecule has 0 saturated carbocycles. The molecule has 0 aliphatic carbocycles. The molecule has 0 spiro atoms. The summed E-state index contributed by atoms with van der Waals surface area (Å²) in [4.78, 5) is 10.5. The van der Waals surface area contributed by atoms with Crippen LogP contribution >= 0.6 is 15.9 Å². The third kappa shape index (κ3) is 1.64. The van der Waals surface area contributed by atoms with Crippen molar-refractivity contribution >= 4 is 21.9 Å². The molecule has 1 heterocycles. The molecule has 0 fully saturated rings. The minimum Gasteiger partial charge on any atom is -0.480 e. The van der Waals surface area contributed by atoms with Gasteiger partial charge in [0.2, 0.25) is 0 Å². The highest BCUT2D eigenvalue weighted by Crippen LogP contribution is 2.19. The molecule has 0 radical (unpaired) electrons. The number of halogens is 1. The van der Waals surface area contributed by atoms with Crippen LogP contribution in [0.1, 0.15) is 11.7 Å². The molecule has 0 saturated heterocycles. The summed E-state index contributed by atoms with van der Waals surface area (Å²) in [7, 11) is 1.70. The van der Waals surface area contributed by atoms with Gasteiger partial charge in [0.25, 0.3) is 0 Å². The molecule has 0 aromatic carbocycles. The summed E-state index contributed by atoms with van der Waals surface area (Å²) in [5.74, 6) is -1.09. The van der Waals surface area contributed by atoms with E-state index in [1.54, 1.807) is 13.2 Å². The van der Waals surface area contributed by atoms with Crippen molar-refractivity contribution in [3.05, 3.63) is 16.4 Å². The van der Waals surface area contributed by atoms with Crippen LogP contribution in [0, 0.1) is 0 Å². The highest BCUT2D eigenvalue weighted by molar-refractivity contribution is 9.10. The number of hydrogen-bond acceptors (Lipinski definition) is 3. The van der Waals surface area contributed by atoms with Crippen LogP contribution < -0.4 is 5.73 Å². The van der Waals surface area contributed by atoms with Gasteiger partial charge in [0.1, 0.15) is 11.7 Å². The fraction of sp³-hybridized carbons (Fsp3) is 0.333. The maximum absolute atomic E-state index is 10.5. The molecule has 3 N–H and O–H groups in total. The van der Waals surface area contributed by atoms with Crippen LogP contribution in [0.15, 0.2) is 10.7 Å². The van der Waals surface area contributed by atoms with Gasteiger partial charge in [0.15, 0.2) is 0 Å². The van der Waals surface area contributed by atoms with Crippen LogP contribution in [0.25, 0.3) is 0 Å². The lowest BCUT2D eigenvalue weighted by atomic mass is 10.2. The van der Waals surface area contributed by atoms with Crippen molar-refractivity contribution in [1.29, 1.82) is 0 Å². The second kappa shape index (κ2) is 3.24. The number of rotatable bonds is 2. The van der Waals surface area contributed by atoms with Crippen LogP contribution in [0.3, 0.4) is 0 Å². The number of carboxylic acid groups (broad SMARTS) is 1. The fourth-order valence-corrected chi connectivity index (χ4v) is 1.43. The highest BCUT2D eigenvalue weighted by atomic mass is 79.9. The van der Waals surface area contributed by atoms with E-state index < -0.39 is 12.0 Å². The minimum atomic E-state index is -1.09. The van der Waals surface area contributed by atoms with E-state index in [9.17, 15) is 4.79 Å². The molecular formula is C6H8BrN3O2. The van der Waals surface area contributed by atoms with Crippen LogP contribution in [-0.2, 0) is 11.8 Å². The van der Waals surface area contributed by atoms with E-state index in [0.29, 0.717) is 10.2 Å². The first-order valence-corrected chi connectivity index (χ1v) is 3.99. The molecular weight excluding hydrogens is 226 g/mol. The topological polar surface area (TPSA) is 81.1 Å². The first-order valence-electron chi connectivity index (χ1n) is 3.20. The van der Waals surface area contributed by atoms with Gasteiger partial charge in [-0.25, -0.2) is 0 Å². The standard InChI is InChI=1S/C6H8BrN3O2/c1-10-2-3(7)5(9-10)4(8)6(11)12/h2,4H,8H2,1H3,(H,11,12). The normalized spacial score (nSPS) is 12.9. The summed E-state index contributed by atoms with van der Waals surface area (Å²) in [6, 6.07) is -1.07. The number of aliphatic carboxylic acids is 1. The molecule has 0 amide bonds. The third-order valence-electron chi connectivity index (χ3n) is 1.37. The molecule has 66 valence electrons. The first-order chi connectivity index (χ1) is 5.52. The second-order valence-corrected chi connectivity index (χ2v) is 3.21. The van der Waals surface area contributed by atoms with Gasteiger partial charge in [0.05, 0.1) is 4.47 Å². The predicted octanol–water partition coefficient (Wildman–Crippen LogP) is 0.267. The fourth-order valence-electron chi connectivity index (χ4n) is 0.804. The second-order valence-electron chi connectivity index (χ2n) is 2.35.